The average molecular weight is 477 g/mol. The molecule has 4 rings (SSSR count). The number of amides is 2. The number of likely N-dealkylation sites (tertiary alicyclic amines) is 1. The van der Waals surface area contributed by atoms with Crippen LogP contribution in [0.5, 0.6) is 0 Å². The van der Waals surface area contributed by atoms with Crippen LogP contribution in [0.1, 0.15) is 17.0 Å². The molecule has 1 fully saturated rings. The molecule has 2 amide bonds. The first-order valence-electron chi connectivity index (χ1n) is 11.2. The maximum atomic E-state index is 14.9. The number of benzene rings is 3. The van der Waals surface area contributed by atoms with E-state index < -0.39 is 17.6 Å². The zero-order chi connectivity index (χ0) is 24.9. The van der Waals surface area contributed by atoms with Crippen molar-refractivity contribution in [1.82, 2.24) is 4.90 Å². The van der Waals surface area contributed by atoms with Crippen LogP contribution in [-0.4, -0.2) is 36.9 Å². The van der Waals surface area contributed by atoms with Crippen molar-refractivity contribution in [3.63, 3.8) is 0 Å². The van der Waals surface area contributed by atoms with Crippen LogP contribution in [0.3, 0.4) is 0 Å². The van der Waals surface area contributed by atoms with E-state index >= 15 is 0 Å². The Morgan fingerprint density at radius 3 is 2.46 bits per heavy atom. The fraction of sp³-hybridized carbons (Fsp3) is 0.185. The molecule has 0 aromatic heterocycles. The molecule has 2 unspecified atom stereocenters. The van der Waals surface area contributed by atoms with Gasteiger partial charge in [-0.1, -0.05) is 24.3 Å². The first-order valence-corrected chi connectivity index (χ1v) is 11.2. The molecule has 0 aliphatic carbocycles. The maximum absolute atomic E-state index is 14.9. The zero-order valence-corrected chi connectivity index (χ0v) is 19.2. The lowest BCUT2D eigenvalue weighted by atomic mass is 9.87. The molecule has 180 valence electrons. The number of likely N-dealkylation sites (N-methyl/N-ethyl adjacent to an activating group) is 1. The number of nitrogens with zero attached hydrogens (tertiary/aromatic N) is 1. The van der Waals surface area contributed by atoms with Crippen molar-refractivity contribution in [3.05, 3.63) is 95.6 Å². The molecule has 1 saturated heterocycles. The van der Waals surface area contributed by atoms with Crippen LogP contribution in [-0.2, 0) is 9.59 Å². The van der Waals surface area contributed by atoms with Gasteiger partial charge in [0.2, 0.25) is 11.8 Å². The lowest BCUT2D eigenvalue weighted by Gasteiger charge is -2.19. The number of nitrogen functional groups attached to an aromatic ring is 1. The molecule has 0 radical (unpaired) electrons. The molecule has 3 aromatic rings. The van der Waals surface area contributed by atoms with Crippen molar-refractivity contribution in [2.75, 3.05) is 36.5 Å². The van der Waals surface area contributed by atoms with Crippen LogP contribution in [0.15, 0.2) is 72.8 Å². The molecule has 6 nitrogen and oxygen atoms in total. The van der Waals surface area contributed by atoms with E-state index in [9.17, 15) is 18.4 Å². The summed E-state index contributed by atoms with van der Waals surface area (Å²) in [7, 11) is 1.91. The van der Waals surface area contributed by atoms with Gasteiger partial charge >= 0.3 is 0 Å². The van der Waals surface area contributed by atoms with Gasteiger partial charge in [-0.25, -0.2) is 8.78 Å². The standard InChI is InChI=1S/C27H26F2N4O2/c1-33-15-21(22(16-33)27(35)31-20-11-9-19(28)10-12-20)18-7-6-17(23(29)14-18)8-13-26(34)32-25-5-3-2-4-24(25)30/h2-14,21-22H,15-16,30H2,1H3,(H,31,35)(H,32,34). The Labute approximate surface area is 202 Å². The van der Waals surface area contributed by atoms with Gasteiger partial charge in [-0.05, 0) is 61.2 Å². The van der Waals surface area contributed by atoms with Crippen LogP contribution in [0.4, 0.5) is 25.8 Å². The van der Waals surface area contributed by atoms with Crippen LogP contribution in [0.2, 0.25) is 0 Å². The van der Waals surface area contributed by atoms with Crippen LogP contribution < -0.4 is 16.4 Å². The van der Waals surface area contributed by atoms with E-state index in [0.29, 0.717) is 35.7 Å². The van der Waals surface area contributed by atoms with E-state index in [1.807, 2.05) is 11.9 Å². The minimum absolute atomic E-state index is 0.202. The van der Waals surface area contributed by atoms with Gasteiger partial charge in [0, 0.05) is 36.3 Å². The Balaban J connectivity index is 1.45. The SMILES string of the molecule is CN1CC(C(=O)Nc2ccc(F)cc2)C(c2ccc(C=CC(=O)Nc3ccccc3N)c(F)c2)C1. The molecule has 1 heterocycles. The van der Waals surface area contributed by atoms with Crippen molar-refractivity contribution in [3.8, 4) is 0 Å². The summed E-state index contributed by atoms with van der Waals surface area (Å²) in [5.41, 5.74) is 8.20. The second kappa shape index (κ2) is 10.5. The zero-order valence-electron chi connectivity index (χ0n) is 19.2. The molecular formula is C27H26F2N4O2. The minimum atomic E-state index is -0.488. The van der Waals surface area contributed by atoms with Gasteiger partial charge in [-0.3, -0.25) is 9.59 Å². The second-order valence-electron chi connectivity index (χ2n) is 8.62. The Morgan fingerprint density at radius 2 is 1.74 bits per heavy atom. The summed E-state index contributed by atoms with van der Waals surface area (Å²) in [6.07, 6.45) is 2.64. The second-order valence-corrected chi connectivity index (χ2v) is 8.62. The largest absolute Gasteiger partial charge is 0.397 e. The highest BCUT2D eigenvalue weighted by molar-refractivity contribution is 6.03. The van der Waals surface area contributed by atoms with E-state index in [4.69, 9.17) is 5.73 Å². The molecule has 0 saturated carbocycles. The number of carbonyl (C=O) groups excluding carboxylic acids is 2. The monoisotopic (exact) mass is 476 g/mol. The quantitative estimate of drug-likeness (QED) is 0.362. The number of anilines is 3. The predicted molar refractivity (Wildman–Crippen MR) is 134 cm³/mol. The van der Waals surface area contributed by atoms with Crippen molar-refractivity contribution in [2.24, 2.45) is 5.92 Å². The number of halogens is 2. The first kappa shape index (κ1) is 24.1. The summed E-state index contributed by atoms with van der Waals surface area (Å²) >= 11 is 0. The highest BCUT2D eigenvalue weighted by Gasteiger charge is 2.37. The first-order chi connectivity index (χ1) is 16.8. The lowest BCUT2D eigenvalue weighted by Crippen LogP contribution is -2.28. The molecule has 4 N–H and O–H groups in total. The molecular weight excluding hydrogens is 450 g/mol. The molecule has 1 aliphatic rings. The smallest absolute Gasteiger partial charge is 0.248 e. The molecule has 2 atom stereocenters. The topological polar surface area (TPSA) is 87.5 Å². The van der Waals surface area contributed by atoms with Crippen molar-refractivity contribution in [1.29, 1.82) is 0 Å². The number of rotatable bonds is 6. The molecule has 35 heavy (non-hydrogen) atoms. The summed E-state index contributed by atoms with van der Waals surface area (Å²) in [6, 6.07) is 17.2. The van der Waals surface area contributed by atoms with Crippen molar-refractivity contribution in [2.45, 2.75) is 5.92 Å². The van der Waals surface area contributed by atoms with E-state index in [0.717, 1.165) is 0 Å². The lowest BCUT2D eigenvalue weighted by molar-refractivity contribution is -0.119. The number of nitrogens with one attached hydrogen (secondary N) is 2. The fourth-order valence-electron chi connectivity index (χ4n) is 4.23. The van der Waals surface area contributed by atoms with Gasteiger partial charge in [0.15, 0.2) is 0 Å². The van der Waals surface area contributed by atoms with Crippen LogP contribution in [0, 0.1) is 17.6 Å². The van der Waals surface area contributed by atoms with Gasteiger partial charge in [0.25, 0.3) is 0 Å². The Morgan fingerprint density at radius 1 is 1.00 bits per heavy atom. The third-order valence-electron chi connectivity index (χ3n) is 6.04. The summed E-state index contributed by atoms with van der Waals surface area (Å²) in [4.78, 5) is 27.2. The highest BCUT2D eigenvalue weighted by atomic mass is 19.1. The Kier molecular flexibility index (Phi) is 7.22. The number of para-hydroxylation sites is 2. The number of hydrogen-bond acceptors (Lipinski definition) is 4. The van der Waals surface area contributed by atoms with E-state index in [1.165, 1.54) is 42.5 Å². The normalized spacial score (nSPS) is 18.0. The predicted octanol–water partition coefficient (Wildman–Crippen LogP) is 4.48. The molecule has 3 aromatic carbocycles. The minimum Gasteiger partial charge on any atom is -0.397 e. The Bertz CT molecular complexity index is 1260. The highest BCUT2D eigenvalue weighted by Crippen LogP contribution is 2.34. The maximum Gasteiger partial charge on any atom is 0.248 e. The van der Waals surface area contributed by atoms with Gasteiger partial charge in [-0.15, -0.1) is 0 Å². The van der Waals surface area contributed by atoms with E-state index in [-0.39, 0.29) is 23.2 Å². The summed E-state index contributed by atoms with van der Waals surface area (Å²) < 4.78 is 28.1. The van der Waals surface area contributed by atoms with Crippen molar-refractivity contribution >= 4 is 35.0 Å². The molecule has 0 bridgehead atoms. The number of nitrogens with two attached hydrogens (primary N) is 1. The van der Waals surface area contributed by atoms with Crippen LogP contribution in [0.25, 0.3) is 6.08 Å². The van der Waals surface area contributed by atoms with Gasteiger partial charge in [0.05, 0.1) is 17.3 Å². The summed E-state index contributed by atoms with van der Waals surface area (Å²) in [5.74, 6) is -2.11. The molecule has 1 aliphatic heterocycles. The van der Waals surface area contributed by atoms with Gasteiger partial charge in [0.1, 0.15) is 11.6 Å². The average Bonchev–Trinajstić information content (AvgIpc) is 3.23. The molecule has 0 spiro atoms. The summed E-state index contributed by atoms with van der Waals surface area (Å²) in [6.45, 7) is 1.11. The van der Waals surface area contributed by atoms with E-state index in [2.05, 4.69) is 10.6 Å². The number of carbonyl (C=O) groups is 2. The third-order valence-corrected chi connectivity index (χ3v) is 6.04. The number of hydrogen-bond donors (Lipinski definition) is 3. The molecule has 8 heteroatoms. The van der Waals surface area contributed by atoms with Gasteiger partial charge < -0.3 is 21.3 Å². The van der Waals surface area contributed by atoms with Crippen LogP contribution >= 0.6 is 0 Å². The Hall–Kier alpha value is -4.04. The van der Waals surface area contributed by atoms with Gasteiger partial charge in [-0.2, -0.15) is 0 Å². The van der Waals surface area contributed by atoms with E-state index in [1.54, 1.807) is 36.4 Å². The van der Waals surface area contributed by atoms with Crippen molar-refractivity contribution < 1.29 is 18.4 Å². The fourth-order valence-corrected chi connectivity index (χ4v) is 4.23. The third kappa shape index (κ3) is 5.91. The summed E-state index contributed by atoms with van der Waals surface area (Å²) in [5, 5.41) is 5.48.